The highest BCUT2D eigenvalue weighted by atomic mass is 32.2. The Bertz CT molecular complexity index is 579. The lowest BCUT2D eigenvalue weighted by molar-refractivity contribution is -0.180. The van der Waals surface area contributed by atoms with Gasteiger partial charge in [-0.1, -0.05) is 18.2 Å². The van der Waals surface area contributed by atoms with Gasteiger partial charge in [0.05, 0.1) is 0 Å². The lowest BCUT2D eigenvalue weighted by Gasteiger charge is -2.38. The standard InChI is InChI=1S/C14H17F4NO3S/c1-12(2,3)23(22)19-13(8-15,14(17,18)11(20)21)9-6-4-5-7-10(9)16/h4-7,19H,8H2,1-3H3,(H,20,21)/t13-,23-/m1/s1. The molecule has 23 heavy (non-hydrogen) atoms. The van der Waals surface area contributed by atoms with Gasteiger partial charge >= 0.3 is 11.9 Å². The number of alkyl halides is 3. The summed E-state index contributed by atoms with van der Waals surface area (Å²) in [7, 11) is 0. The summed E-state index contributed by atoms with van der Waals surface area (Å²) in [5.74, 6) is -8.63. The molecule has 0 radical (unpaired) electrons. The van der Waals surface area contributed by atoms with E-state index in [2.05, 4.69) is 0 Å². The van der Waals surface area contributed by atoms with E-state index in [-0.39, 0.29) is 0 Å². The molecule has 0 fully saturated rings. The maximum Gasteiger partial charge on any atom is 0.377 e. The summed E-state index contributed by atoms with van der Waals surface area (Å²) in [5.41, 5.74) is -4.21. The molecule has 0 heterocycles. The van der Waals surface area contributed by atoms with Crippen LogP contribution < -0.4 is 4.72 Å². The predicted octanol–water partition coefficient (Wildman–Crippen LogP) is 2.76. The van der Waals surface area contributed by atoms with Crippen molar-refractivity contribution in [3.63, 3.8) is 0 Å². The monoisotopic (exact) mass is 355 g/mol. The molecule has 0 aliphatic carbocycles. The Morgan fingerprint density at radius 2 is 1.83 bits per heavy atom. The third-order valence-corrected chi connectivity index (χ3v) is 4.81. The van der Waals surface area contributed by atoms with Gasteiger partial charge in [-0.2, -0.15) is 8.78 Å². The Morgan fingerprint density at radius 3 is 2.22 bits per heavy atom. The van der Waals surface area contributed by atoms with Gasteiger partial charge in [0.1, 0.15) is 17.2 Å². The third kappa shape index (κ3) is 3.61. The fraction of sp³-hybridized carbons (Fsp3) is 0.500. The number of carbonyl (C=O) groups is 1. The number of hydrogen-bond acceptors (Lipinski definition) is 3. The van der Waals surface area contributed by atoms with Gasteiger partial charge < -0.3 is 9.66 Å². The third-order valence-electron chi connectivity index (χ3n) is 3.16. The van der Waals surface area contributed by atoms with Crippen LogP contribution in [0.5, 0.6) is 0 Å². The molecule has 2 atom stereocenters. The van der Waals surface area contributed by atoms with Gasteiger partial charge in [0.25, 0.3) is 0 Å². The minimum atomic E-state index is -4.75. The van der Waals surface area contributed by atoms with Crippen LogP contribution in [0, 0.1) is 5.82 Å². The number of carboxylic acids is 1. The number of benzene rings is 1. The zero-order valence-corrected chi connectivity index (χ0v) is 13.5. The van der Waals surface area contributed by atoms with E-state index < -0.39 is 51.6 Å². The van der Waals surface area contributed by atoms with Gasteiger partial charge in [-0.25, -0.2) is 13.6 Å². The number of carboxylic acid groups (broad SMARTS) is 1. The molecule has 2 N–H and O–H groups in total. The minimum absolute atomic E-state index is 0.791. The van der Waals surface area contributed by atoms with Crippen LogP contribution >= 0.6 is 0 Å². The normalized spacial score (nSPS) is 16.7. The fourth-order valence-corrected chi connectivity index (χ4v) is 2.69. The van der Waals surface area contributed by atoms with Crippen molar-refractivity contribution in [2.75, 3.05) is 6.67 Å². The molecule has 0 spiro atoms. The lowest BCUT2D eigenvalue weighted by Crippen LogP contribution is -2.64. The molecule has 0 aliphatic heterocycles. The smallest absolute Gasteiger partial charge is 0.377 e. The maximum absolute atomic E-state index is 14.3. The largest absolute Gasteiger partial charge is 0.598 e. The molecule has 0 saturated heterocycles. The SMILES string of the molecule is CC(C)(C)[S@@+]([O-])N[C@](CF)(c1ccccc1F)C(F)(F)C(=O)O. The van der Waals surface area contributed by atoms with E-state index in [0.29, 0.717) is 0 Å². The molecule has 0 saturated carbocycles. The van der Waals surface area contributed by atoms with Crippen molar-refractivity contribution in [2.45, 2.75) is 37.0 Å². The summed E-state index contributed by atoms with van der Waals surface area (Å²) in [6.07, 6.45) is 0. The first kappa shape index (κ1) is 19.7. The van der Waals surface area contributed by atoms with Crippen LogP contribution in [0.25, 0.3) is 0 Å². The van der Waals surface area contributed by atoms with Crippen molar-refractivity contribution in [2.24, 2.45) is 0 Å². The van der Waals surface area contributed by atoms with Crippen LogP contribution in [-0.4, -0.2) is 33.0 Å². The number of rotatable bonds is 6. The Balaban J connectivity index is 3.59. The van der Waals surface area contributed by atoms with Crippen LogP contribution in [0.1, 0.15) is 26.3 Å². The van der Waals surface area contributed by atoms with Gasteiger partial charge in [-0.05, 0) is 26.8 Å². The van der Waals surface area contributed by atoms with Crippen LogP contribution in [0.4, 0.5) is 17.6 Å². The molecule has 1 aromatic rings. The highest BCUT2D eigenvalue weighted by Crippen LogP contribution is 2.41. The predicted molar refractivity (Wildman–Crippen MR) is 77.7 cm³/mol. The van der Waals surface area contributed by atoms with Crippen molar-refractivity contribution < 1.29 is 32.0 Å². The van der Waals surface area contributed by atoms with E-state index >= 15 is 0 Å². The van der Waals surface area contributed by atoms with Crippen LogP contribution in [0.15, 0.2) is 24.3 Å². The number of aliphatic carboxylic acids is 1. The van der Waals surface area contributed by atoms with Crippen molar-refractivity contribution in [3.8, 4) is 0 Å². The Labute approximate surface area is 134 Å². The second-order valence-corrected chi connectivity index (χ2v) is 7.85. The second kappa shape index (κ2) is 6.66. The molecular weight excluding hydrogens is 338 g/mol. The molecule has 1 rings (SSSR count). The van der Waals surface area contributed by atoms with Crippen LogP contribution in [0.2, 0.25) is 0 Å². The van der Waals surface area contributed by atoms with E-state index in [4.69, 9.17) is 5.11 Å². The second-order valence-electron chi connectivity index (χ2n) is 5.88. The highest BCUT2D eigenvalue weighted by Gasteiger charge is 2.65. The van der Waals surface area contributed by atoms with Gasteiger partial charge in [-0.15, -0.1) is 4.72 Å². The molecule has 4 nitrogen and oxygen atoms in total. The molecule has 0 aromatic heterocycles. The fourth-order valence-electron chi connectivity index (χ4n) is 1.77. The topological polar surface area (TPSA) is 72.4 Å². The van der Waals surface area contributed by atoms with E-state index in [1.807, 2.05) is 4.72 Å². The quantitative estimate of drug-likeness (QED) is 0.608. The van der Waals surface area contributed by atoms with Gasteiger partial charge in [0.2, 0.25) is 0 Å². The highest BCUT2D eigenvalue weighted by molar-refractivity contribution is 7.90. The van der Waals surface area contributed by atoms with E-state index in [9.17, 15) is 26.9 Å². The summed E-state index contributed by atoms with van der Waals surface area (Å²) in [5, 5.41) is 8.80. The zero-order chi connectivity index (χ0) is 18.1. The Hall–Kier alpha value is -1.32. The van der Waals surface area contributed by atoms with Gasteiger partial charge in [0.15, 0.2) is 5.54 Å². The Morgan fingerprint density at radius 1 is 1.30 bits per heavy atom. The molecule has 0 aliphatic rings. The van der Waals surface area contributed by atoms with Gasteiger partial charge in [0, 0.05) is 16.9 Å². The summed E-state index contributed by atoms with van der Waals surface area (Å²) in [4.78, 5) is 11.0. The molecule has 1 aromatic carbocycles. The average Bonchev–Trinajstić information content (AvgIpc) is 2.43. The number of halogens is 4. The maximum atomic E-state index is 14.3. The van der Waals surface area contributed by atoms with Crippen molar-refractivity contribution in [1.29, 1.82) is 0 Å². The molecule has 0 amide bonds. The number of hydrogen-bond donors (Lipinski definition) is 2. The number of nitrogens with one attached hydrogen (secondary N) is 1. The summed E-state index contributed by atoms with van der Waals surface area (Å²) in [6.45, 7) is 2.27. The molecular formula is C14H17F4NO3S. The van der Waals surface area contributed by atoms with Crippen LogP contribution in [0.3, 0.4) is 0 Å². The first-order chi connectivity index (χ1) is 10.4. The van der Waals surface area contributed by atoms with Crippen molar-refractivity contribution in [3.05, 3.63) is 35.6 Å². The minimum Gasteiger partial charge on any atom is -0.598 e. The van der Waals surface area contributed by atoms with Crippen molar-refractivity contribution in [1.82, 2.24) is 4.72 Å². The first-order valence-electron chi connectivity index (χ1n) is 6.52. The first-order valence-corrected chi connectivity index (χ1v) is 7.67. The van der Waals surface area contributed by atoms with Gasteiger partial charge in [-0.3, -0.25) is 0 Å². The average molecular weight is 355 g/mol. The van der Waals surface area contributed by atoms with E-state index in [1.54, 1.807) is 0 Å². The molecule has 9 heteroatoms. The van der Waals surface area contributed by atoms with Crippen molar-refractivity contribution >= 4 is 17.3 Å². The Kier molecular flexibility index (Phi) is 5.71. The molecule has 130 valence electrons. The summed E-state index contributed by atoms with van der Waals surface area (Å²) < 4.78 is 69.1. The summed E-state index contributed by atoms with van der Waals surface area (Å²) in [6, 6.07) is 3.96. The lowest BCUT2D eigenvalue weighted by atomic mass is 9.85. The zero-order valence-electron chi connectivity index (χ0n) is 12.7. The molecule has 0 unspecified atom stereocenters. The molecule has 0 bridgehead atoms. The van der Waals surface area contributed by atoms with E-state index in [1.165, 1.54) is 26.8 Å². The van der Waals surface area contributed by atoms with E-state index in [0.717, 1.165) is 18.2 Å². The summed E-state index contributed by atoms with van der Waals surface area (Å²) >= 11 is -2.28. The van der Waals surface area contributed by atoms with Crippen LogP contribution in [-0.2, 0) is 21.7 Å².